The van der Waals surface area contributed by atoms with E-state index in [0.29, 0.717) is 37.3 Å². The molecule has 1 aromatic carbocycles. The Morgan fingerprint density at radius 3 is 2.46 bits per heavy atom. The van der Waals surface area contributed by atoms with Crippen LogP contribution < -0.4 is 14.2 Å². The first kappa shape index (κ1) is 18.5. The number of para-hydroxylation sites is 2. The summed E-state index contributed by atoms with van der Waals surface area (Å²) in [6.45, 7) is 0.754. The fraction of sp³-hybridized carbons (Fsp3) is 0.389. The van der Waals surface area contributed by atoms with Gasteiger partial charge in [0.25, 0.3) is 5.56 Å². The summed E-state index contributed by atoms with van der Waals surface area (Å²) in [6.07, 6.45) is 2.53. The van der Waals surface area contributed by atoms with Crippen molar-refractivity contribution in [3.8, 4) is 0 Å². The van der Waals surface area contributed by atoms with Gasteiger partial charge in [-0.3, -0.25) is 13.9 Å². The molecule has 1 saturated heterocycles. The van der Waals surface area contributed by atoms with E-state index in [0.717, 1.165) is 4.68 Å². The van der Waals surface area contributed by atoms with E-state index in [1.165, 1.54) is 26.9 Å². The van der Waals surface area contributed by atoms with Crippen LogP contribution in [0.2, 0.25) is 0 Å². The largest absolute Gasteiger partial charge is 0.341 e. The van der Waals surface area contributed by atoms with Crippen LogP contribution in [0.4, 0.5) is 11.4 Å². The number of nitrogens with zero attached hydrogens (tertiary/aromatic N) is 5. The number of rotatable bonds is 3. The molecule has 2 aliphatic heterocycles. The van der Waals surface area contributed by atoms with Crippen LogP contribution in [-0.2, 0) is 21.5 Å². The summed E-state index contributed by atoms with van der Waals surface area (Å²) < 4.78 is 29.6. The molecule has 3 heterocycles. The summed E-state index contributed by atoms with van der Waals surface area (Å²) in [4.78, 5) is 25.9. The Labute approximate surface area is 163 Å². The van der Waals surface area contributed by atoms with Gasteiger partial charge in [-0.25, -0.2) is 8.99 Å². The molecule has 1 amide bonds. The summed E-state index contributed by atoms with van der Waals surface area (Å²) in [5.41, 5.74) is 1.01. The van der Waals surface area contributed by atoms with Crippen molar-refractivity contribution in [1.29, 1.82) is 0 Å². The molecular formula is C18H21N5O4S. The van der Waals surface area contributed by atoms with Gasteiger partial charge in [0, 0.05) is 32.4 Å². The third kappa shape index (κ3) is 3.03. The summed E-state index contributed by atoms with van der Waals surface area (Å²) in [5, 5.41) is 3.91. The number of anilines is 2. The average Bonchev–Trinajstić information content (AvgIpc) is 2.90. The zero-order valence-electron chi connectivity index (χ0n) is 15.4. The quantitative estimate of drug-likeness (QED) is 0.741. The normalized spacial score (nSPS) is 19.0. The van der Waals surface area contributed by atoms with Crippen LogP contribution in [0.25, 0.3) is 0 Å². The highest BCUT2D eigenvalue weighted by Crippen LogP contribution is 2.42. The van der Waals surface area contributed by atoms with Gasteiger partial charge in [-0.05, 0) is 31.0 Å². The van der Waals surface area contributed by atoms with Gasteiger partial charge in [0.2, 0.25) is 5.91 Å². The maximum atomic E-state index is 12.9. The molecule has 0 radical (unpaired) electrons. The maximum Gasteiger partial charge on any atom is 0.326 e. The van der Waals surface area contributed by atoms with Crippen molar-refractivity contribution >= 4 is 27.5 Å². The monoisotopic (exact) mass is 403 g/mol. The second-order valence-electron chi connectivity index (χ2n) is 6.89. The fourth-order valence-electron chi connectivity index (χ4n) is 3.77. The number of hydrogen-bond acceptors (Lipinski definition) is 5. The smallest absolute Gasteiger partial charge is 0.326 e. The first-order valence-corrected chi connectivity index (χ1v) is 10.5. The Bertz CT molecular complexity index is 1060. The summed E-state index contributed by atoms with van der Waals surface area (Å²) in [5.74, 6) is -0.193. The predicted molar refractivity (Wildman–Crippen MR) is 104 cm³/mol. The molecule has 28 heavy (non-hydrogen) atoms. The Morgan fingerprint density at radius 2 is 1.79 bits per heavy atom. The van der Waals surface area contributed by atoms with E-state index in [2.05, 4.69) is 5.10 Å². The van der Waals surface area contributed by atoms with E-state index in [-0.39, 0.29) is 24.1 Å². The van der Waals surface area contributed by atoms with Crippen molar-refractivity contribution in [3.63, 3.8) is 0 Å². The second kappa shape index (κ2) is 6.93. The van der Waals surface area contributed by atoms with E-state index < -0.39 is 10.2 Å². The fourth-order valence-corrected chi connectivity index (χ4v) is 5.42. The number of benzene rings is 1. The molecule has 2 aromatic rings. The zero-order valence-corrected chi connectivity index (χ0v) is 16.2. The first-order chi connectivity index (χ1) is 13.4. The molecule has 1 fully saturated rings. The van der Waals surface area contributed by atoms with E-state index in [1.54, 1.807) is 24.1 Å². The topological polar surface area (TPSA) is 95.8 Å². The van der Waals surface area contributed by atoms with Gasteiger partial charge in [-0.2, -0.15) is 13.5 Å². The first-order valence-electron chi connectivity index (χ1n) is 9.07. The van der Waals surface area contributed by atoms with Crippen LogP contribution in [0.5, 0.6) is 0 Å². The summed E-state index contributed by atoms with van der Waals surface area (Å²) >= 11 is 0. The lowest BCUT2D eigenvalue weighted by atomic mass is 10.0. The summed E-state index contributed by atoms with van der Waals surface area (Å²) in [6, 6.07) is 9.91. The second-order valence-corrected chi connectivity index (χ2v) is 8.73. The Morgan fingerprint density at radius 1 is 1.11 bits per heavy atom. The minimum absolute atomic E-state index is 0.113. The van der Waals surface area contributed by atoms with Gasteiger partial charge >= 0.3 is 10.2 Å². The highest BCUT2D eigenvalue weighted by molar-refractivity contribution is 7.94. The Balaban J connectivity index is 1.47. The minimum atomic E-state index is -3.61. The number of fused-ring (bicyclic) bond motifs is 1. The number of amides is 1. The van der Waals surface area contributed by atoms with Crippen LogP contribution in [-0.4, -0.2) is 55.2 Å². The molecule has 0 aliphatic carbocycles. The maximum absolute atomic E-state index is 12.9. The molecule has 1 aromatic heterocycles. The van der Waals surface area contributed by atoms with Crippen LogP contribution >= 0.6 is 0 Å². The van der Waals surface area contributed by atoms with Crippen LogP contribution in [0.1, 0.15) is 12.8 Å². The molecule has 2 aliphatic rings. The molecule has 10 heteroatoms. The average molecular weight is 403 g/mol. The lowest BCUT2D eigenvalue weighted by Gasteiger charge is -2.36. The van der Waals surface area contributed by atoms with Gasteiger partial charge in [-0.15, -0.1) is 0 Å². The molecule has 9 nitrogen and oxygen atoms in total. The van der Waals surface area contributed by atoms with Crippen LogP contribution in [0, 0.1) is 0 Å². The molecule has 0 unspecified atom stereocenters. The van der Waals surface area contributed by atoms with E-state index in [9.17, 15) is 18.0 Å². The van der Waals surface area contributed by atoms with E-state index in [4.69, 9.17) is 0 Å². The van der Waals surface area contributed by atoms with Gasteiger partial charge in [0.15, 0.2) is 0 Å². The third-order valence-electron chi connectivity index (χ3n) is 5.27. The van der Waals surface area contributed by atoms with Gasteiger partial charge in [0.1, 0.15) is 6.54 Å². The lowest BCUT2D eigenvalue weighted by molar-refractivity contribution is -0.133. The molecule has 0 spiro atoms. The molecule has 0 N–H and O–H groups in total. The Hall–Kier alpha value is -2.88. The van der Waals surface area contributed by atoms with E-state index in [1.807, 2.05) is 12.1 Å². The highest BCUT2D eigenvalue weighted by atomic mass is 32.2. The molecule has 0 saturated carbocycles. The van der Waals surface area contributed by atoms with Crippen molar-refractivity contribution in [3.05, 3.63) is 52.9 Å². The minimum Gasteiger partial charge on any atom is -0.341 e. The van der Waals surface area contributed by atoms with Gasteiger partial charge < -0.3 is 4.90 Å². The van der Waals surface area contributed by atoms with Crippen molar-refractivity contribution < 1.29 is 13.2 Å². The van der Waals surface area contributed by atoms with Crippen molar-refractivity contribution in [2.45, 2.75) is 25.4 Å². The van der Waals surface area contributed by atoms with Crippen molar-refractivity contribution in [2.75, 3.05) is 28.7 Å². The third-order valence-corrected chi connectivity index (χ3v) is 7.15. The van der Waals surface area contributed by atoms with Crippen molar-refractivity contribution in [2.24, 2.45) is 0 Å². The van der Waals surface area contributed by atoms with Gasteiger partial charge in [-0.1, -0.05) is 12.1 Å². The standard InChI is InChI=1S/C18H21N5O4S/c1-20-15-5-2-3-6-16(15)23(28(20,26)27)14-8-11-21(12-9-14)18(25)13-22-17(24)7-4-10-19-22/h2-7,10,14H,8-9,11-13H2,1H3. The van der Waals surface area contributed by atoms with Crippen LogP contribution in [0.3, 0.4) is 0 Å². The number of aromatic nitrogens is 2. The molecule has 148 valence electrons. The molecule has 4 rings (SSSR count). The number of hydrogen-bond donors (Lipinski definition) is 0. The zero-order chi connectivity index (χ0) is 19.9. The lowest BCUT2D eigenvalue weighted by Crippen LogP contribution is -2.50. The summed E-state index contributed by atoms with van der Waals surface area (Å²) in [7, 11) is -2.06. The SMILES string of the molecule is CN1c2ccccc2N(C2CCN(C(=O)Cn3ncccc3=O)CC2)S1(=O)=O. The Kier molecular flexibility index (Phi) is 4.58. The van der Waals surface area contributed by atoms with Gasteiger partial charge in [0.05, 0.1) is 17.4 Å². The molecule has 0 bridgehead atoms. The van der Waals surface area contributed by atoms with Crippen molar-refractivity contribution in [1.82, 2.24) is 14.7 Å². The molecular weight excluding hydrogens is 382 g/mol. The predicted octanol–water partition coefficient (Wildman–Crippen LogP) is 0.436. The number of carbonyl (C=O) groups excluding carboxylic acids is 1. The van der Waals surface area contributed by atoms with Crippen LogP contribution in [0.15, 0.2) is 47.4 Å². The van der Waals surface area contributed by atoms with E-state index >= 15 is 0 Å². The highest BCUT2D eigenvalue weighted by Gasteiger charge is 2.43. The number of likely N-dealkylation sites (tertiary alicyclic amines) is 1. The molecule has 0 atom stereocenters. The number of carbonyl (C=O) groups is 1. The number of piperidine rings is 1.